The maximum atomic E-state index is 13.5. The van der Waals surface area contributed by atoms with Crippen LogP contribution in [0.5, 0.6) is 0 Å². The Morgan fingerprint density at radius 2 is 1.62 bits per heavy atom. The van der Waals surface area contributed by atoms with Crippen LogP contribution >= 0.6 is 24.8 Å². The zero-order valence-corrected chi connectivity index (χ0v) is 22.4. The molecule has 3 saturated heterocycles. The number of nitrogens with one attached hydrogen (secondary N) is 1. The molecule has 2 aromatic carbocycles. The molecule has 0 amide bonds. The van der Waals surface area contributed by atoms with Gasteiger partial charge in [-0.1, -0.05) is 30.3 Å². The first kappa shape index (κ1) is 28.2. The molecule has 0 aliphatic carbocycles. The third-order valence-corrected chi connectivity index (χ3v) is 8.95. The molecule has 1 aromatic heterocycles. The number of rotatable bonds is 5. The third kappa shape index (κ3) is 5.38. The van der Waals surface area contributed by atoms with E-state index in [-0.39, 0.29) is 30.2 Å². The highest BCUT2D eigenvalue weighted by atomic mass is 35.5. The number of para-hydroxylation sites is 2. The maximum Gasteiger partial charge on any atom is 0.416 e. The monoisotopic (exact) mass is 554 g/mol. The van der Waals surface area contributed by atoms with Crippen molar-refractivity contribution in [1.82, 2.24) is 19.8 Å². The molecular weight excluding hydrogens is 520 g/mol. The molecule has 9 heteroatoms. The number of hydrogen-bond donors (Lipinski definition) is 1. The van der Waals surface area contributed by atoms with Crippen LogP contribution in [-0.2, 0) is 11.6 Å². The number of alkyl halides is 3. The molecule has 2 unspecified atom stereocenters. The van der Waals surface area contributed by atoms with Crippen LogP contribution in [-0.4, -0.2) is 46.2 Å². The van der Waals surface area contributed by atoms with Crippen molar-refractivity contribution in [3.8, 4) is 0 Å². The molecular formula is C28H35Cl2F3N4. The number of imidazole rings is 1. The van der Waals surface area contributed by atoms with E-state index in [2.05, 4.69) is 38.0 Å². The van der Waals surface area contributed by atoms with Crippen molar-refractivity contribution < 1.29 is 13.2 Å². The first-order valence-corrected chi connectivity index (χ1v) is 13.0. The predicted octanol–water partition coefficient (Wildman–Crippen LogP) is 6.78. The van der Waals surface area contributed by atoms with Crippen LogP contribution < -0.4 is 5.32 Å². The second-order valence-corrected chi connectivity index (χ2v) is 10.7. The van der Waals surface area contributed by atoms with Crippen LogP contribution in [0.1, 0.15) is 62.1 Å². The Hall–Kier alpha value is -1.80. The fraction of sp³-hybridized carbons (Fsp3) is 0.536. The Morgan fingerprint density at radius 1 is 0.919 bits per heavy atom. The first-order valence-electron chi connectivity index (χ1n) is 13.0. The molecule has 3 aliphatic heterocycles. The van der Waals surface area contributed by atoms with Crippen LogP contribution in [0.25, 0.3) is 11.0 Å². The predicted molar refractivity (Wildman–Crippen MR) is 146 cm³/mol. The summed E-state index contributed by atoms with van der Waals surface area (Å²) >= 11 is 0. The number of fused-ring (bicyclic) bond motifs is 3. The second-order valence-electron chi connectivity index (χ2n) is 10.7. The van der Waals surface area contributed by atoms with E-state index in [0.29, 0.717) is 18.1 Å². The van der Waals surface area contributed by atoms with Gasteiger partial charge in [0.1, 0.15) is 0 Å². The highest BCUT2D eigenvalue weighted by Gasteiger charge is 2.43. The van der Waals surface area contributed by atoms with Gasteiger partial charge in [0, 0.05) is 18.1 Å². The summed E-state index contributed by atoms with van der Waals surface area (Å²) in [4.78, 5) is 7.30. The van der Waals surface area contributed by atoms with Gasteiger partial charge in [0.05, 0.1) is 22.9 Å². The normalized spacial score (nSPS) is 25.4. The summed E-state index contributed by atoms with van der Waals surface area (Å²) in [5.41, 5.74) is 2.41. The van der Waals surface area contributed by atoms with Crippen molar-refractivity contribution >= 4 is 35.8 Å². The molecule has 3 aromatic rings. The molecule has 3 aliphatic rings. The minimum absolute atomic E-state index is 0. The van der Waals surface area contributed by atoms with E-state index in [1.165, 1.54) is 30.5 Å². The minimum Gasteiger partial charge on any atom is -0.327 e. The third-order valence-electron chi connectivity index (χ3n) is 8.95. The number of benzene rings is 2. The van der Waals surface area contributed by atoms with Gasteiger partial charge >= 0.3 is 6.18 Å². The van der Waals surface area contributed by atoms with Crippen molar-refractivity contribution in [2.75, 3.05) is 19.6 Å². The standard InChI is InChI=1S/C28H33F3N4.2ClH/c29-28(30,31)21-5-3-4-20(16-21)27(10-13-32-14-11-27)12-15-34-22-8-9-23(34)18-24(17-22)35-19-33-25-6-1-2-7-26(25)35;;/h1-7,16,19,22-24,32H,8-15,17-18H2;2*1H. The van der Waals surface area contributed by atoms with Gasteiger partial charge in [-0.3, -0.25) is 4.90 Å². The van der Waals surface area contributed by atoms with Gasteiger partial charge in [-0.15, -0.1) is 24.8 Å². The lowest BCUT2D eigenvalue weighted by Crippen LogP contribution is -2.47. The van der Waals surface area contributed by atoms with Crippen LogP contribution in [0.15, 0.2) is 54.9 Å². The lowest BCUT2D eigenvalue weighted by Gasteiger charge is -2.44. The minimum atomic E-state index is -4.30. The second kappa shape index (κ2) is 11.1. The molecule has 3 fully saturated rings. The van der Waals surface area contributed by atoms with Gasteiger partial charge in [-0.05, 0) is 93.8 Å². The molecule has 4 nitrogen and oxygen atoms in total. The summed E-state index contributed by atoms with van der Waals surface area (Å²) in [7, 11) is 0. The van der Waals surface area contributed by atoms with E-state index in [1.54, 1.807) is 6.07 Å². The largest absolute Gasteiger partial charge is 0.416 e. The molecule has 1 N–H and O–H groups in total. The number of hydrogen-bond acceptors (Lipinski definition) is 3. The molecule has 6 rings (SSSR count). The van der Waals surface area contributed by atoms with Gasteiger partial charge < -0.3 is 9.88 Å². The smallest absolute Gasteiger partial charge is 0.327 e. The SMILES string of the molecule is Cl.Cl.FC(F)(F)c1cccc(C2(CCN3C4CCC3CC(n3cnc5ccccc53)C4)CCNCC2)c1. The van der Waals surface area contributed by atoms with E-state index in [4.69, 9.17) is 0 Å². The van der Waals surface area contributed by atoms with E-state index in [1.807, 2.05) is 18.5 Å². The Kier molecular flexibility index (Phi) is 8.49. The lowest BCUT2D eigenvalue weighted by atomic mass is 9.70. The topological polar surface area (TPSA) is 33.1 Å². The zero-order valence-electron chi connectivity index (χ0n) is 20.8. The molecule has 2 atom stereocenters. The van der Waals surface area contributed by atoms with Crippen molar-refractivity contribution in [3.63, 3.8) is 0 Å². The first-order chi connectivity index (χ1) is 16.9. The Balaban J connectivity index is 0.00000160. The van der Waals surface area contributed by atoms with E-state index >= 15 is 0 Å². The summed E-state index contributed by atoms with van der Waals surface area (Å²) < 4.78 is 42.8. The molecule has 4 heterocycles. The fourth-order valence-electron chi connectivity index (χ4n) is 7.06. The summed E-state index contributed by atoms with van der Waals surface area (Å²) in [6.07, 6.45) is 5.07. The summed E-state index contributed by atoms with van der Waals surface area (Å²) in [5, 5.41) is 3.41. The molecule has 0 radical (unpaired) electrons. The highest BCUT2D eigenvalue weighted by Crippen LogP contribution is 2.44. The van der Waals surface area contributed by atoms with Crippen LogP contribution in [0, 0.1) is 0 Å². The molecule has 202 valence electrons. The summed E-state index contributed by atoms with van der Waals surface area (Å²) in [5.74, 6) is 0. The van der Waals surface area contributed by atoms with Gasteiger partial charge in [-0.2, -0.15) is 13.2 Å². The maximum absolute atomic E-state index is 13.5. The van der Waals surface area contributed by atoms with Crippen LogP contribution in [0.3, 0.4) is 0 Å². The summed E-state index contributed by atoms with van der Waals surface area (Å²) in [6, 6.07) is 16.0. The Morgan fingerprint density at radius 3 is 2.32 bits per heavy atom. The van der Waals surface area contributed by atoms with Crippen LogP contribution in [0.4, 0.5) is 13.2 Å². The number of aromatic nitrogens is 2. The number of halogens is 5. The highest BCUT2D eigenvalue weighted by molar-refractivity contribution is 5.85. The van der Waals surface area contributed by atoms with E-state index in [9.17, 15) is 13.2 Å². The van der Waals surface area contributed by atoms with Gasteiger partial charge in [-0.25, -0.2) is 4.98 Å². The molecule has 0 spiro atoms. The van der Waals surface area contributed by atoms with Crippen molar-refractivity contribution in [2.45, 2.75) is 74.7 Å². The Bertz CT molecular complexity index is 1180. The van der Waals surface area contributed by atoms with Crippen LogP contribution in [0.2, 0.25) is 0 Å². The van der Waals surface area contributed by atoms with Crippen molar-refractivity contribution in [2.24, 2.45) is 0 Å². The number of nitrogens with zero attached hydrogens (tertiary/aromatic N) is 3. The van der Waals surface area contributed by atoms with Crippen molar-refractivity contribution in [1.29, 1.82) is 0 Å². The Labute approximate surface area is 228 Å². The molecule has 2 bridgehead atoms. The van der Waals surface area contributed by atoms with Crippen molar-refractivity contribution in [3.05, 3.63) is 66.0 Å². The fourth-order valence-corrected chi connectivity index (χ4v) is 7.06. The van der Waals surface area contributed by atoms with Gasteiger partial charge in [0.15, 0.2) is 0 Å². The quantitative estimate of drug-likeness (QED) is 0.377. The summed E-state index contributed by atoms with van der Waals surface area (Å²) in [6.45, 7) is 2.68. The molecule has 0 saturated carbocycles. The lowest BCUT2D eigenvalue weighted by molar-refractivity contribution is -0.137. The van der Waals surface area contributed by atoms with Gasteiger partial charge in [0.2, 0.25) is 0 Å². The average Bonchev–Trinajstić information content (AvgIpc) is 3.40. The zero-order chi connectivity index (χ0) is 24.0. The van der Waals surface area contributed by atoms with E-state index < -0.39 is 11.7 Å². The number of piperidine rings is 2. The van der Waals surface area contributed by atoms with E-state index in [0.717, 1.165) is 62.8 Å². The molecule has 37 heavy (non-hydrogen) atoms. The average molecular weight is 556 g/mol. The van der Waals surface area contributed by atoms with Gasteiger partial charge in [0.25, 0.3) is 0 Å².